The highest BCUT2D eigenvalue weighted by Crippen LogP contribution is 2.29. The van der Waals surface area contributed by atoms with Crippen LogP contribution in [-0.4, -0.2) is 19.1 Å². The monoisotopic (exact) mass is 282 g/mol. The van der Waals surface area contributed by atoms with E-state index in [9.17, 15) is 18.0 Å². The predicted molar refractivity (Wildman–Crippen MR) is 51.1 cm³/mol. The molecule has 82 valence electrons. The van der Waals surface area contributed by atoms with E-state index in [2.05, 4.69) is 15.9 Å². The number of ether oxygens (including phenoxy) is 1. The molecular formula is C9H6BrF3O2. The summed E-state index contributed by atoms with van der Waals surface area (Å²) in [5.74, 6) is -2.02. The van der Waals surface area contributed by atoms with Gasteiger partial charge in [-0.05, 0) is 18.2 Å². The number of alkyl halides is 3. The Morgan fingerprint density at radius 3 is 2.47 bits per heavy atom. The Balaban J connectivity index is 3.20. The second-order valence-electron chi connectivity index (χ2n) is 2.67. The molecule has 0 bridgehead atoms. The molecule has 1 aromatic carbocycles. The molecule has 0 unspecified atom stereocenters. The lowest BCUT2D eigenvalue weighted by Crippen LogP contribution is -2.23. The Kier molecular flexibility index (Phi) is 3.38. The van der Waals surface area contributed by atoms with Crippen LogP contribution < -0.4 is 4.74 Å². The molecule has 0 radical (unpaired) electrons. The molecule has 0 N–H and O–H groups in total. The molecule has 2 nitrogen and oxygen atoms in total. The van der Waals surface area contributed by atoms with Crippen molar-refractivity contribution >= 4 is 21.7 Å². The second kappa shape index (κ2) is 4.22. The maximum absolute atomic E-state index is 12.1. The van der Waals surface area contributed by atoms with E-state index in [1.807, 2.05) is 0 Å². The minimum Gasteiger partial charge on any atom is -0.496 e. The zero-order valence-electron chi connectivity index (χ0n) is 7.56. The molecule has 1 aromatic rings. The fourth-order valence-corrected chi connectivity index (χ4v) is 1.35. The average molecular weight is 283 g/mol. The molecule has 0 spiro atoms. The van der Waals surface area contributed by atoms with E-state index in [1.54, 1.807) is 0 Å². The summed E-state index contributed by atoms with van der Waals surface area (Å²) in [4.78, 5) is 10.9. The summed E-state index contributed by atoms with van der Waals surface area (Å²) in [7, 11) is 1.20. The lowest BCUT2D eigenvalue weighted by molar-refractivity contribution is -0.0886. The van der Waals surface area contributed by atoms with Crippen molar-refractivity contribution in [3.05, 3.63) is 28.2 Å². The lowest BCUT2D eigenvalue weighted by atomic mass is 10.1. The molecule has 0 saturated carbocycles. The number of hydrogen-bond donors (Lipinski definition) is 0. The number of benzene rings is 1. The van der Waals surface area contributed by atoms with Gasteiger partial charge in [0.1, 0.15) is 5.75 Å². The van der Waals surface area contributed by atoms with Crippen LogP contribution in [0.25, 0.3) is 0 Å². The summed E-state index contributed by atoms with van der Waals surface area (Å²) < 4.78 is 41.6. The number of carbonyl (C=O) groups is 1. The largest absolute Gasteiger partial charge is 0.496 e. The Labute approximate surface area is 92.2 Å². The van der Waals surface area contributed by atoms with Gasteiger partial charge >= 0.3 is 6.18 Å². The molecule has 6 heteroatoms. The summed E-state index contributed by atoms with van der Waals surface area (Å²) in [6, 6.07) is 3.72. The summed E-state index contributed by atoms with van der Waals surface area (Å²) in [6.45, 7) is 0. The third-order valence-electron chi connectivity index (χ3n) is 1.67. The van der Waals surface area contributed by atoms with Gasteiger partial charge in [-0.15, -0.1) is 0 Å². The molecule has 0 aromatic heterocycles. The highest BCUT2D eigenvalue weighted by Gasteiger charge is 2.40. The molecule has 15 heavy (non-hydrogen) atoms. The molecule has 0 aliphatic heterocycles. The van der Waals surface area contributed by atoms with Crippen LogP contribution in [-0.2, 0) is 0 Å². The van der Waals surface area contributed by atoms with Gasteiger partial charge in [-0.25, -0.2) is 0 Å². The fourth-order valence-electron chi connectivity index (χ4n) is 1.01. The maximum atomic E-state index is 12.1. The van der Waals surface area contributed by atoms with Crippen LogP contribution in [0.3, 0.4) is 0 Å². The number of hydrogen-bond acceptors (Lipinski definition) is 2. The smallest absolute Gasteiger partial charge is 0.455 e. The zero-order valence-corrected chi connectivity index (χ0v) is 9.15. The first kappa shape index (κ1) is 12.0. The number of methoxy groups -OCH3 is 1. The maximum Gasteiger partial charge on any atom is 0.455 e. The summed E-state index contributed by atoms with van der Waals surface area (Å²) in [5, 5.41) is 0. The van der Waals surface area contributed by atoms with Crippen molar-refractivity contribution in [2.75, 3.05) is 7.11 Å². The van der Waals surface area contributed by atoms with Gasteiger partial charge in [-0.2, -0.15) is 13.2 Å². The molecule has 0 atom stereocenters. The average Bonchev–Trinajstić information content (AvgIpc) is 2.15. The third-order valence-corrected chi connectivity index (χ3v) is 2.16. The Hall–Kier alpha value is -1.04. The van der Waals surface area contributed by atoms with Crippen LogP contribution in [0.5, 0.6) is 5.75 Å². The summed E-state index contributed by atoms with van der Waals surface area (Å²) in [5.41, 5.74) is -0.492. The van der Waals surface area contributed by atoms with Crippen molar-refractivity contribution in [2.45, 2.75) is 6.18 Å². The van der Waals surface area contributed by atoms with E-state index >= 15 is 0 Å². The van der Waals surface area contributed by atoms with Gasteiger partial charge in [0, 0.05) is 4.47 Å². The first-order valence-electron chi connectivity index (χ1n) is 3.81. The van der Waals surface area contributed by atoms with Crippen molar-refractivity contribution in [1.82, 2.24) is 0 Å². The van der Waals surface area contributed by atoms with Crippen molar-refractivity contribution in [1.29, 1.82) is 0 Å². The van der Waals surface area contributed by atoms with Crippen LogP contribution >= 0.6 is 15.9 Å². The van der Waals surface area contributed by atoms with E-state index in [1.165, 1.54) is 19.2 Å². The minimum absolute atomic E-state index is 0.105. The Bertz CT molecular complexity index is 387. The van der Waals surface area contributed by atoms with Crippen LogP contribution in [0.4, 0.5) is 13.2 Å². The van der Waals surface area contributed by atoms with Gasteiger partial charge in [-0.3, -0.25) is 4.79 Å². The quantitative estimate of drug-likeness (QED) is 0.779. The van der Waals surface area contributed by atoms with Gasteiger partial charge in [0.25, 0.3) is 5.78 Å². The van der Waals surface area contributed by atoms with Crippen molar-refractivity contribution in [3.8, 4) is 5.75 Å². The summed E-state index contributed by atoms with van der Waals surface area (Å²) in [6.07, 6.45) is -4.89. The highest BCUT2D eigenvalue weighted by atomic mass is 79.9. The van der Waals surface area contributed by atoms with E-state index in [0.29, 0.717) is 4.47 Å². The molecule has 0 fully saturated rings. The molecule has 0 amide bonds. The molecule has 0 aliphatic carbocycles. The molecular weight excluding hydrogens is 277 g/mol. The van der Waals surface area contributed by atoms with Crippen molar-refractivity contribution in [3.63, 3.8) is 0 Å². The van der Waals surface area contributed by atoms with Crippen LogP contribution in [0.1, 0.15) is 10.4 Å². The zero-order chi connectivity index (χ0) is 11.6. The number of carbonyl (C=O) groups excluding carboxylic acids is 1. The first-order valence-corrected chi connectivity index (χ1v) is 4.60. The van der Waals surface area contributed by atoms with Crippen LogP contribution in [0.15, 0.2) is 22.7 Å². The number of halogens is 4. The normalized spacial score (nSPS) is 11.3. The Morgan fingerprint density at radius 1 is 1.40 bits per heavy atom. The van der Waals surface area contributed by atoms with Crippen LogP contribution in [0, 0.1) is 0 Å². The lowest BCUT2D eigenvalue weighted by Gasteiger charge is -2.09. The topological polar surface area (TPSA) is 26.3 Å². The van der Waals surface area contributed by atoms with Gasteiger partial charge < -0.3 is 4.74 Å². The molecule has 0 saturated heterocycles. The molecule has 1 rings (SSSR count). The number of Topliss-reactive ketones (excluding diaryl/α,β-unsaturated/α-hetero) is 1. The predicted octanol–water partition coefficient (Wildman–Crippen LogP) is 3.20. The van der Waals surface area contributed by atoms with E-state index < -0.39 is 17.5 Å². The summed E-state index contributed by atoms with van der Waals surface area (Å²) >= 11 is 3.06. The van der Waals surface area contributed by atoms with Gasteiger partial charge in [0.05, 0.1) is 12.7 Å². The highest BCUT2D eigenvalue weighted by molar-refractivity contribution is 9.10. The second-order valence-corrected chi connectivity index (χ2v) is 3.59. The first-order chi connectivity index (χ1) is 6.86. The number of rotatable bonds is 2. The third kappa shape index (κ3) is 2.71. The van der Waals surface area contributed by atoms with Gasteiger partial charge in [-0.1, -0.05) is 15.9 Å². The SMILES string of the molecule is COc1cc(Br)ccc1C(=O)C(F)(F)F. The van der Waals surface area contributed by atoms with Gasteiger partial charge in [0.15, 0.2) is 0 Å². The molecule has 0 heterocycles. The number of ketones is 1. The van der Waals surface area contributed by atoms with Crippen LogP contribution in [0.2, 0.25) is 0 Å². The van der Waals surface area contributed by atoms with E-state index in [4.69, 9.17) is 4.74 Å². The van der Waals surface area contributed by atoms with Gasteiger partial charge in [0.2, 0.25) is 0 Å². The van der Waals surface area contributed by atoms with Crippen molar-refractivity contribution in [2.24, 2.45) is 0 Å². The van der Waals surface area contributed by atoms with Crippen molar-refractivity contribution < 1.29 is 22.7 Å². The Morgan fingerprint density at radius 2 is 2.00 bits per heavy atom. The fraction of sp³-hybridized carbons (Fsp3) is 0.222. The standard InChI is InChI=1S/C9H6BrF3O2/c1-15-7-4-5(10)2-3-6(7)8(14)9(11,12)13/h2-4H,1H3. The molecule has 0 aliphatic rings. The minimum atomic E-state index is -4.89. The van der Waals surface area contributed by atoms with E-state index in [-0.39, 0.29) is 5.75 Å². The van der Waals surface area contributed by atoms with E-state index in [0.717, 1.165) is 6.07 Å².